The van der Waals surface area contributed by atoms with Gasteiger partial charge in [0.15, 0.2) is 0 Å². The summed E-state index contributed by atoms with van der Waals surface area (Å²) in [4.78, 5) is 25.9. The molecule has 0 aliphatic rings. The van der Waals surface area contributed by atoms with Crippen molar-refractivity contribution in [3.63, 3.8) is 0 Å². The van der Waals surface area contributed by atoms with Crippen LogP contribution < -0.4 is 0 Å². The third kappa shape index (κ3) is 2.24. The van der Waals surface area contributed by atoms with E-state index in [4.69, 9.17) is 0 Å². The molecule has 5 nitrogen and oxygen atoms in total. The van der Waals surface area contributed by atoms with Gasteiger partial charge in [-0.05, 0) is 19.9 Å². The zero-order valence-electron chi connectivity index (χ0n) is 9.56. The Morgan fingerprint density at radius 3 is 2.75 bits per heavy atom. The predicted molar refractivity (Wildman–Crippen MR) is 59.3 cm³/mol. The number of hydrogen-bond donors (Lipinski definition) is 0. The molecule has 1 heterocycles. The highest BCUT2D eigenvalue weighted by Crippen LogP contribution is 2.28. The van der Waals surface area contributed by atoms with E-state index in [9.17, 15) is 14.9 Å². The molecule has 0 aromatic carbocycles. The second kappa shape index (κ2) is 4.83. The first-order valence-corrected chi connectivity index (χ1v) is 5.11. The third-order valence-electron chi connectivity index (χ3n) is 2.58. The van der Waals surface area contributed by atoms with Crippen molar-refractivity contribution in [1.29, 1.82) is 0 Å². The maximum atomic E-state index is 11.5. The molecule has 1 rings (SSSR count). The number of ketones is 1. The summed E-state index contributed by atoms with van der Waals surface area (Å²) in [7, 11) is 0. The van der Waals surface area contributed by atoms with Gasteiger partial charge in [0.1, 0.15) is 11.5 Å². The van der Waals surface area contributed by atoms with Crippen molar-refractivity contribution in [2.24, 2.45) is 0 Å². The van der Waals surface area contributed by atoms with E-state index in [1.54, 1.807) is 26.8 Å². The van der Waals surface area contributed by atoms with Crippen molar-refractivity contribution in [1.82, 2.24) is 4.98 Å². The fourth-order valence-electron chi connectivity index (χ4n) is 1.58. The van der Waals surface area contributed by atoms with Crippen LogP contribution in [0, 0.1) is 17.0 Å². The van der Waals surface area contributed by atoms with Gasteiger partial charge in [-0.2, -0.15) is 0 Å². The molecule has 0 bridgehead atoms. The van der Waals surface area contributed by atoms with Crippen molar-refractivity contribution in [3.8, 4) is 0 Å². The molecule has 16 heavy (non-hydrogen) atoms. The lowest BCUT2D eigenvalue weighted by Crippen LogP contribution is -2.12. The first-order valence-electron chi connectivity index (χ1n) is 5.11. The standard InChI is InChI=1S/C11H14N2O3/c1-4-9(14)8(3)10-11(13(15)16)7(2)5-6-12-10/h5-6,8H,4H2,1-3H3. The highest BCUT2D eigenvalue weighted by atomic mass is 16.6. The minimum atomic E-state index is -0.523. The molecule has 0 aliphatic heterocycles. The predicted octanol–water partition coefficient (Wildman–Crippen LogP) is 2.38. The Bertz CT molecular complexity index is 429. The average molecular weight is 222 g/mol. The summed E-state index contributed by atoms with van der Waals surface area (Å²) in [6.07, 6.45) is 1.85. The summed E-state index contributed by atoms with van der Waals surface area (Å²) in [5, 5.41) is 10.9. The third-order valence-corrected chi connectivity index (χ3v) is 2.58. The lowest BCUT2D eigenvalue weighted by atomic mass is 9.97. The Morgan fingerprint density at radius 2 is 2.25 bits per heavy atom. The Kier molecular flexibility index (Phi) is 3.71. The Labute approximate surface area is 93.7 Å². The van der Waals surface area contributed by atoms with Crippen molar-refractivity contribution < 1.29 is 9.72 Å². The van der Waals surface area contributed by atoms with Gasteiger partial charge in [-0.15, -0.1) is 0 Å². The van der Waals surface area contributed by atoms with Crippen LogP contribution in [-0.4, -0.2) is 15.7 Å². The fourth-order valence-corrected chi connectivity index (χ4v) is 1.58. The van der Waals surface area contributed by atoms with E-state index in [0.717, 1.165) is 0 Å². The Balaban J connectivity index is 3.28. The van der Waals surface area contributed by atoms with Crippen LogP contribution in [0.5, 0.6) is 0 Å². The summed E-state index contributed by atoms with van der Waals surface area (Å²) < 4.78 is 0. The number of carbonyl (C=O) groups is 1. The molecule has 0 amide bonds. The van der Waals surface area contributed by atoms with E-state index >= 15 is 0 Å². The minimum Gasteiger partial charge on any atom is -0.299 e. The molecule has 0 saturated carbocycles. The quantitative estimate of drug-likeness (QED) is 0.579. The van der Waals surface area contributed by atoms with E-state index < -0.39 is 10.8 Å². The van der Waals surface area contributed by atoms with Gasteiger partial charge in [0.2, 0.25) is 0 Å². The fraction of sp³-hybridized carbons (Fsp3) is 0.455. The molecule has 1 atom stereocenters. The molecule has 0 spiro atoms. The van der Waals surface area contributed by atoms with Gasteiger partial charge in [-0.25, -0.2) is 0 Å². The second-order valence-electron chi connectivity index (χ2n) is 3.66. The Morgan fingerprint density at radius 1 is 1.62 bits per heavy atom. The maximum absolute atomic E-state index is 11.5. The highest BCUT2D eigenvalue weighted by molar-refractivity contribution is 5.85. The summed E-state index contributed by atoms with van der Waals surface area (Å²) in [6.45, 7) is 5.04. The van der Waals surface area contributed by atoms with Gasteiger partial charge in [0.25, 0.3) is 5.69 Å². The van der Waals surface area contributed by atoms with Crippen molar-refractivity contribution in [3.05, 3.63) is 33.6 Å². The van der Waals surface area contributed by atoms with Gasteiger partial charge in [-0.1, -0.05) is 6.92 Å². The molecule has 86 valence electrons. The minimum absolute atomic E-state index is 0.0406. The lowest BCUT2D eigenvalue weighted by Gasteiger charge is -2.09. The number of aromatic nitrogens is 1. The molecule has 0 N–H and O–H groups in total. The molecule has 1 aromatic rings. The van der Waals surface area contributed by atoms with Crippen molar-refractivity contribution in [2.75, 3.05) is 0 Å². The number of Topliss-reactive ketones (excluding diaryl/α,β-unsaturated/α-hetero) is 1. The van der Waals surface area contributed by atoms with Crippen LogP contribution in [-0.2, 0) is 4.79 Å². The highest BCUT2D eigenvalue weighted by Gasteiger charge is 2.26. The van der Waals surface area contributed by atoms with E-state index in [1.807, 2.05) is 0 Å². The number of nitrogens with zero attached hydrogens (tertiary/aromatic N) is 2. The van der Waals surface area contributed by atoms with E-state index in [2.05, 4.69) is 4.98 Å². The molecule has 0 radical (unpaired) electrons. The number of aryl methyl sites for hydroxylation is 1. The van der Waals surface area contributed by atoms with E-state index in [-0.39, 0.29) is 17.2 Å². The SMILES string of the molecule is CCC(=O)C(C)c1nccc(C)c1[N+](=O)[O-]. The normalized spacial score (nSPS) is 12.2. The number of rotatable bonds is 4. The first-order chi connectivity index (χ1) is 7.49. The molecule has 1 aromatic heterocycles. The van der Waals surface area contributed by atoms with Gasteiger partial charge < -0.3 is 0 Å². The zero-order chi connectivity index (χ0) is 12.3. The number of hydrogen-bond acceptors (Lipinski definition) is 4. The van der Waals surface area contributed by atoms with Crippen LogP contribution in [0.1, 0.15) is 37.4 Å². The molecule has 0 aliphatic carbocycles. The molecule has 0 saturated heterocycles. The largest absolute Gasteiger partial charge is 0.299 e. The smallest absolute Gasteiger partial charge is 0.294 e. The number of pyridine rings is 1. The van der Waals surface area contributed by atoms with Crippen LogP contribution in [0.2, 0.25) is 0 Å². The second-order valence-corrected chi connectivity index (χ2v) is 3.66. The summed E-state index contributed by atoms with van der Waals surface area (Å²) in [5.74, 6) is -0.563. The van der Waals surface area contributed by atoms with Crippen molar-refractivity contribution in [2.45, 2.75) is 33.1 Å². The van der Waals surface area contributed by atoms with E-state index in [0.29, 0.717) is 12.0 Å². The van der Waals surface area contributed by atoms with Crippen LogP contribution >= 0.6 is 0 Å². The van der Waals surface area contributed by atoms with Crippen LogP contribution in [0.15, 0.2) is 12.3 Å². The number of nitro groups is 1. The Hall–Kier alpha value is -1.78. The first kappa shape index (κ1) is 12.3. The molecular formula is C11H14N2O3. The van der Waals surface area contributed by atoms with Crippen LogP contribution in [0.3, 0.4) is 0 Å². The van der Waals surface area contributed by atoms with Gasteiger partial charge in [-0.3, -0.25) is 19.9 Å². The monoisotopic (exact) mass is 222 g/mol. The number of carbonyl (C=O) groups excluding carboxylic acids is 1. The molecule has 1 unspecified atom stereocenters. The molecule has 0 fully saturated rings. The molecule has 5 heteroatoms. The maximum Gasteiger partial charge on any atom is 0.294 e. The van der Waals surface area contributed by atoms with Crippen LogP contribution in [0.25, 0.3) is 0 Å². The lowest BCUT2D eigenvalue weighted by molar-refractivity contribution is -0.386. The summed E-state index contributed by atoms with van der Waals surface area (Å²) >= 11 is 0. The van der Waals surface area contributed by atoms with Crippen LogP contribution in [0.4, 0.5) is 5.69 Å². The topological polar surface area (TPSA) is 73.1 Å². The molecular weight excluding hydrogens is 208 g/mol. The summed E-state index contributed by atoms with van der Waals surface area (Å²) in [5.41, 5.74) is 0.749. The summed E-state index contributed by atoms with van der Waals surface area (Å²) in [6, 6.07) is 1.57. The zero-order valence-corrected chi connectivity index (χ0v) is 9.56. The van der Waals surface area contributed by atoms with Gasteiger partial charge >= 0.3 is 0 Å². The van der Waals surface area contributed by atoms with Gasteiger partial charge in [0.05, 0.1) is 10.8 Å². The van der Waals surface area contributed by atoms with E-state index in [1.165, 1.54) is 6.20 Å². The van der Waals surface area contributed by atoms with Crippen molar-refractivity contribution >= 4 is 11.5 Å². The van der Waals surface area contributed by atoms with Gasteiger partial charge in [0, 0.05) is 18.2 Å². The average Bonchev–Trinajstić information content (AvgIpc) is 2.26.